The Morgan fingerprint density at radius 1 is 1.50 bits per heavy atom. The van der Waals surface area contributed by atoms with E-state index in [0.29, 0.717) is 13.1 Å². The molecule has 0 aliphatic carbocycles. The van der Waals surface area contributed by atoms with Crippen molar-refractivity contribution in [2.45, 2.75) is 58.4 Å². The lowest BCUT2D eigenvalue weighted by atomic mass is 10.1. The zero-order chi connectivity index (χ0) is 14.7. The van der Waals surface area contributed by atoms with Crippen molar-refractivity contribution in [1.82, 2.24) is 4.90 Å². The molecule has 2 atom stereocenters. The Morgan fingerprint density at radius 3 is 2.75 bits per heavy atom. The van der Waals surface area contributed by atoms with Gasteiger partial charge in [-0.1, -0.05) is 0 Å². The van der Waals surface area contributed by atoms with Crippen LogP contribution in [-0.4, -0.2) is 35.6 Å². The number of ether oxygens (including phenoxy) is 1. The van der Waals surface area contributed by atoms with Gasteiger partial charge in [0.25, 0.3) is 5.91 Å². The summed E-state index contributed by atoms with van der Waals surface area (Å²) in [5, 5.41) is 0. The molecule has 2 N–H and O–H groups in total. The van der Waals surface area contributed by atoms with E-state index in [2.05, 4.69) is 19.1 Å². The third-order valence-corrected chi connectivity index (χ3v) is 4.66. The Morgan fingerprint density at radius 2 is 2.25 bits per heavy atom. The fraction of sp³-hybridized carbons (Fsp3) is 0.667. The van der Waals surface area contributed by atoms with Crippen molar-refractivity contribution in [1.29, 1.82) is 0 Å². The molecular weight excluding hydrogens is 272 g/mol. The van der Waals surface area contributed by atoms with E-state index in [1.807, 2.05) is 18.7 Å². The van der Waals surface area contributed by atoms with E-state index in [-0.39, 0.29) is 24.2 Å². The van der Waals surface area contributed by atoms with Crippen LogP contribution in [0.3, 0.4) is 0 Å². The monoisotopic (exact) mass is 296 g/mol. The second-order valence-electron chi connectivity index (χ2n) is 5.63. The fourth-order valence-electron chi connectivity index (χ4n) is 2.50. The molecule has 1 aliphatic heterocycles. The van der Waals surface area contributed by atoms with Gasteiger partial charge in [-0.15, -0.1) is 11.3 Å². The molecule has 0 radical (unpaired) electrons. The molecule has 0 aromatic carbocycles. The van der Waals surface area contributed by atoms with Crippen molar-refractivity contribution in [2.24, 2.45) is 5.73 Å². The first-order valence-corrected chi connectivity index (χ1v) is 8.04. The lowest BCUT2D eigenvalue weighted by Crippen LogP contribution is -2.43. The van der Waals surface area contributed by atoms with E-state index < -0.39 is 0 Å². The van der Waals surface area contributed by atoms with Gasteiger partial charge in [0.1, 0.15) is 6.10 Å². The summed E-state index contributed by atoms with van der Waals surface area (Å²) >= 11 is 1.74. The molecule has 4 nitrogen and oxygen atoms in total. The maximum atomic E-state index is 12.6. The SMILES string of the molecule is Cc1ccc(CN(C(=O)[C@@H]2CC[C@H](CN)O2)C(C)C)s1. The molecule has 1 amide bonds. The van der Waals surface area contributed by atoms with Crippen LogP contribution in [0.1, 0.15) is 36.4 Å². The smallest absolute Gasteiger partial charge is 0.252 e. The minimum atomic E-state index is -0.313. The molecule has 0 unspecified atom stereocenters. The van der Waals surface area contributed by atoms with Crippen LogP contribution in [0.25, 0.3) is 0 Å². The van der Waals surface area contributed by atoms with Gasteiger partial charge < -0.3 is 15.4 Å². The standard InChI is InChI=1S/C15H24N2O2S/c1-10(2)17(9-13-6-4-11(3)20-13)15(18)14-7-5-12(8-16)19-14/h4,6,10,12,14H,5,7-9,16H2,1-3H3/t12-,14+/m1/s1. The molecule has 2 heterocycles. The Labute approximate surface area is 124 Å². The molecule has 1 aromatic rings. The van der Waals surface area contributed by atoms with Crippen molar-refractivity contribution in [3.63, 3.8) is 0 Å². The molecule has 1 fully saturated rings. The van der Waals surface area contributed by atoms with Crippen LogP contribution in [0.15, 0.2) is 12.1 Å². The average Bonchev–Trinajstić information content (AvgIpc) is 3.03. The maximum Gasteiger partial charge on any atom is 0.252 e. The Hall–Kier alpha value is -0.910. The topological polar surface area (TPSA) is 55.6 Å². The number of hydrogen-bond donors (Lipinski definition) is 1. The molecular formula is C15H24N2O2S. The van der Waals surface area contributed by atoms with Crippen LogP contribution in [0, 0.1) is 6.92 Å². The lowest BCUT2D eigenvalue weighted by Gasteiger charge is -2.29. The van der Waals surface area contributed by atoms with Crippen molar-refractivity contribution >= 4 is 17.2 Å². The van der Waals surface area contributed by atoms with Gasteiger partial charge in [0, 0.05) is 22.3 Å². The number of nitrogens with zero attached hydrogens (tertiary/aromatic N) is 1. The Kier molecular flexibility index (Phi) is 5.18. The molecule has 1 saturated heterocycles. The quantitative estimate of drug-likeness (QED) is 0.907. The molecule has 112 valence electrons. The fourth-order valence-corrected chi connectivity index (χ4v) is 3.39. The van der Waals surface area contributed by atoms with Crippen molar-refractivity contribution < 1.29 is 9.53 Å². The molecule has 20 heavy (non-hydrogen) atoms. The summed E-state index contributed by atoms with van der Waals surface area (Å²) in [5.74, 6) is 0.0991. The number of thiophene rings is 1. The summed E-state index contributed by atoms with van der Waals surface area (Å²) < 4.78 is 5.73. The molecule has 2 rings (SSSR count). The summed E-state index contributed by atoms with van der Waals surface area (Å²) in [4.78, 5) is 17.0. The van der Waals surface area contributed by atoms with E-state index in [1.165, 1.54) is 9.75 Å². The summed E-state index contributed by atoms with van der Waals surface area (Å²) in [6.07, 6.45) is 1.40. The largest absolute Gasteiger partial charge is 0.364 e. The van der Waals surface area contributed by atoms with E-state index in [9.17, 15) is 4.79 Å². The van der Waals surface area contributed by atoms with Gasteiger partial charge in [-0.25, -0.2) is 0 Å². The van der Waals surface area contributed by atoms with Crippen molar-refractivity contribution in [3.8, 4) is 0 Å². The summed E-state index contributed by atoms with van der Waals surface area (Å²) in [5.41, 5.74) is 5.61. The highest BCUT2D eigenvalue weighted by Crippen LogP contribution is 2.24. The second kappa shape index (κ2) is 6.70. The molecule has 5 heteroatoms. The zero-order valence-corrected chi connectivity index (χ0v) is 13.3. The van der Waals surface area contributed by atoms with Gasteiger partial charge >= 0.3 is 0 Å². The predicted octanol–water partition coefficient (Wildman–Crippen LogP) is 2.30. The summed E-state index contributed by atoms with van der Waals surface area (Å²) in [6, 6.07) is 4.37. The number of hydrogen-bond acceptors (Lipinski definition) is 4. The molecule has 0 bridgehead atoms. The minimum Gasteiger partial charge on any atom is -0.364 e. The van der Waals surface area contributed by atoms with Crippen LogP contribution >= 0.6 is 11.3 Å². The second-order valence-corrected chi connectivity index (χ2v) is 7.00. The van der Waals surface area contributed by atoms with Gasteiger partial charge in [0.2, 0.25) is 0 Å². The highest BCUT2D eigenvalue weighted by molar-refractivity contribution is 7.11. The summed E-state index contributed by atoms with van der Waals surface area (Å²) in [7, 11) is 0. The van der Waals surface area contributed by atoms with Crippen LogP contribution in [0.2, 0.25) is 0 Å². The first kappa shape index (κ1) is 15.5. The van der Waals surface area contributed by atoms with Crippen molar-refractivity contribution in [2.75, 3.05) is 6.54 Å². The van der Waals surface area contributed by atoms with E-state index in [0.717, 1.165) is 12.8 Å². The van der Waals surface area contributed by atoms with Crippen LogP contribution in [0.5, 0.6) is 0 Å². The van der Waals surface area contributed by atoms with E-state index in [4.69, 9.17) is 10.5 Å². The van der Waals surface area contributed by atoms with Gasteiger partial charge in [-0.2, -0.15) is 0 Å². The van der Waals surface area contributed by atoms with Crippen LogP contribution < -0.4 is 5.73 Å². The third-order valence-electron chi connectivity index (χ3n) is 3.67. The van der Waals surface area contributed by atoms with Gasteiger partial charge in [-0.05, 0) is 45.7 Å². The first-order chi connectivity index (χ1) is 9.51. The van der Waals surface area contributed by atoms with E-state index in [1.54, 1.807) is 11.3 Å². The van der Waals surface area contributed by atoms with Crippen LogP contribution in [0.4, 0.5) is 0 Å². The third kappa shape index (κ3) is 3.59. The molecule has 0 spiro atoms. The lowest BCUT2D eigenvalue weighted by molar-refractivity contribution is -0.145. The maximum absolute atomic E-state index is 12.6. The average molecular weight is 296 g/mol. The van der Waals surface area contributed by atoms with E-state index >= 15 is 0 Å². The van der Waals surface area contributed by atoms with Gasteiger partial charge in [-0.3, -0.25) is 4.79 Å². The minimum absolute atomic E-state index is 0.0435. The normalized spacial score (nSPS) is 22.4. The van der Waals surface area contributed by atoms with Gasteiger partial charge in [0.15, 0.2) is 0 Å². The number of amides is 1. The number of rotatable bonds is 5. The molecule has 0 saturated carbocycles. The van der Waals surface area contributed by atoms with Crippen molar-refractivity contribution in [3.05, 3.63) is 21.9 Å². The van der Waals surface area contributed by atoms with Crippen LogP contribution in [-0.2, 0) is 16.1 Å². The molecule has 1 aromatic heterocycles. The Balaban J connectivity index is 2.03. The number of carbonyl (C=O) groups is 1. The zero-order valence-electron chi connectivity index (χ0n) is 12.5. The first-order valence-electron chi connectivity index (χ1n) is 7.22. The van der Waals surface area contributed by atoms with Gasteiger partial charge in [0.05, 0.1) is 12.6 Å². The number of carbonyl (C=O) groups excluding carboxylic acids is 1. The molecule has 1 aliphatic rings. The Bertz CT molecular complexity index is 458. The number of nitrogens with two attached hydrogens (primary N) is 1. The highest BCUT2D eigenvalue weighted by Gasteiger charge is 2.33. The summed E-state index contributed by atoms with van der Waals surface area (Å²) in [6.45, 7) is 7.35. The highest BCUT2D eigenvalue weighted by atomic mass is 32.1. The number of aryl methyl sites for hydroxylation is 1. The predicted molar refractivity (Wildman–Crippen MR) is 81.7 cm³/mol.